The first-order valence-electron chi connectivity index (χ1n) is 7.20. The molecule has 1 amide bonds. The summed E-state index contributed by atoms with van der Waals surface area (Å²) in [7, 11) is 0. The zero-order valence-electron chi connectivity index (χ0n) is 12.0. The van der Waals surface area contributed by atoms with Crippen molar-refractivity contribution in [2.24, 2.45) is 0 Å². The number of fused-ring (bicyclic) bond motifs is 1. The van der Waals surface area contributed by atoms with E-state index < -0.39 is 0 Å². The van der Waals surface area contributed by atoms with Gasteiger partial charge in [0.1, 0.15) is 17.9 Å². The summed E-state index contributed by atoms with van der Waals surface area (Å²) in [5, 5.41) is 3.84. The summed E-state index contributed by atoms with van der Waals surface area (Å²) < 4.78 is 0. The van der Waals surface area contributed by atoms with Crippen LogP contribution in [0.15, 0.2) is 36.9 Å². The largest absolute Gasteiger partial charge is 0.356 e. The summed E-state index contributed by atoms with van der Waals surface area (Å²) in [6.45, 7) is 0.648. The smallest absolute Gasteiger partial charge is 0.249 e. The zero-order valence-corrected chi connectivity index (χ0v) is 12.8. The minimum Gasteiger partial charge on any atom is -0.356 e. The minimum atomic E-state index is -0.327. The molecule has 1 saturated heterocycles. The minimum absolute atomic E-state index is 0.0126. The van der Waals surface area contributed by atoms with Crippen molar-refractivity contribution in [1.82, 2.24) is 19.9 Å². The van der Waals surface area contributed by atoms with Crippen LogP contribution in [-0.2, 0) is 4.79 Å². The lowest BCUT2D eigenvalue weighted by Gasteiger charge is -2.17. The van der Waals surface area contributed by atoms with Crippen molar-refractivity contribution in [1.29, 1.82) is 0 Å². The van der Waals surface area contributed by atoms with Gasteiger partial charge in [-0.3, -0.25) is 4.79 Å². The van der Waals surface area contributed by atoms with Crippen LogP contribution in [-0.4, -0.2) is 38.4 Å². The highest BCUT2D eigenvalue weighted by atomic mass is 35.5. The maximum absolute atomic E-state index is 12.6. The van der Waals surface area contributed by atoms with E-state index in [2.05, 4.69) is 25.3 Å². The number of nitrogens with zero attached hydrogens (tertiary/aromatic N) is 4. The quantitative estimate of drug-likeness (QED) is 0.770. The Labute approximate surface area is 136 Å². The van der Waals surface area contributed by atoms with E-state index in [1.54, 1.807) is 23.4 Å². The summed E-state index contributed by atoms with van der Waals surface area (Å²) in [5.74, 6) is 0.599. The second-order valence-electron chi connectivity index (χ2n) is 5.28. The molecule has 4 rings (SSSR count). The molecular formula is C15H13ClN6O. The Balaban J connectivity index is 1.56. The number of aromatic nitrogens is 4. The molecule has 0 spiro atoms. The van der Waals surface area contributed by atoms with Crippen LogP contribution in [0.1, 0.15) is 6.42 Å². The van der Waals surface area contributed by atoms with Gasteiger partial charge in [-0.05, 0) is 30.7 Å². The van der Waals surface area contributed by atoms with Gasteiger partial charge in [-0.1, -0.05) is 11.6 Å². The highest BCUT2D eigenvalue weighted by Crippen LogP contribution is 2.25. The Kier molecular flexibility index (Phi) is 3.34. The number of nitrogens with one attached hydrogen (secondary N) is 2. The Bertz CT molecular complexity index is 862. The fraction of sp³-hybridized carbons (Fsp3) is 0.200. The van der Waals surface area contributed by atoms with Crippen LogP contribution in [0.25, 0.3) is 11.2 Å². The van der Waals surface area contributed by atoms with E-state index in [1.165, 1.54) is 6.33 Å². The third-order valence-electron chi connectivity index (χ3n) is 3.88. The zero-order chi connectivity index (χ0) is 15.8. The molecule has 1 atom stereocenters. The van der Waals surface area contributed by atoms with E-state index in [-0.39, 0.29) is 11.9 Å². The van der Waals surface area contributed by atoms with E-state index in [1.807, 2.05) is 12.1 Å². The van der Waals surface area contributed by atoms with Crippen LogP contribution in [0.3, 0.4) is 0 Å². The summed E-state index contributed by atoms with van der Waals surface area (Å²) in [4.78, 5) is 29.7. The summed E-state index contributed by atoms with van der Waals surface area (Å²) in [6, 6.07) is 6.93. The molecule has 1 fully saturated rings. The number of carbonyl (C=O) groups excluding carboxylic acids is 1. The molecular weight excluding hydrogens is 316 g/mol. The predicted octanol–water partition coefficient (Wildman–Crippen LogP) is 2.22. The first-order valence-corrected chi connectivity index (χ1v) is 7.58. The van der Waals surface area contributed by atoms with Crippen molar-refractivity contribution in [3.63, 3.8) is 0 Å². The average molecular weight is 329 g/mol. The Hall–Kier alpha value is -2.67. The molecule has 3 heterocycles. The highest BCUT2D eigenvalue weighted by molar-refractivity contribution is 6.30. The number of hydrogen-bond acceptors (Lipinski definition) is 5. The van der Waals surface area contributed by atoms with Crippen LogP contribution in [0.5, 0.6) is 0 Å². The SMILES string of the molecule is O=C1C(Nc2ncnc3nc[nH]c23)CCN1c1ccc(Cl)cc1. The number of carbonyl (C=O) groups is 1. The highest BCUT2D eigenvalue weighted by Gasteiger charge is 2.33. The number of amides is 1. The van der Waals surface area contributed by atoms with E-state index >= 15 is 0 Å². The Morgan fingerprint density at radius 3 is 2.87 bits per heavy atom. The van der Waals surface area contributed by atoms with Crippen molar-refractivity contribution in [3.05, 3.63) is 41.9 Å². The fourth-order valence-corrected chi connectivity index (χ4v) is 2.86. The molecule has 23 heavy (non-hydrogen) atoms. The molecule has 0 radical (unpaired) electrons. The van der Waals surface area contributed by atoms with Crippen LogP contribution in [0.4, 0.5) is 11.5 Å². The van der Waals surface area contributed by atoms with Crippen molar-refractivity contribution >= 4 is 40.2 Å². The molecule has 7 nitrogen and oxygen atoms in total. The van der Waals surface area contributed by atoms with Gasteiger partial charge in [0.25, 0.3) is 0 Å². The number of benzene rings is 1. The van der Waals surface area contributed by atoms with Crippen LogP contribution >= 0.6 is 11.6 Å². The number of halogens is 1. The summed E-state index contributed by atoms with van der Waals surface area (Å²) in [5.41, 5.74) is 2.12. The Morgan fingerprint density at radius 1 is 1.22 bits per heavy atom. The van der Waals surface area contributed by atoms with Crippen LogP contribution in [0, 0.1) is 0 Å². The lowest BCUT2D eigenvalue weighted by atomic mass is 10.2. The molecule has 0 aliphatic carbocycles. The van der Waals surface area contributed by atoms with E-state index in [9.17, 15) is 4.79 Å². The number of hydrogen-bond donors (Lipinski definition) is 2. The van der Waals surface area contributed by atoms with Crippen molar-refractivity contribution < 1.29 is 4.79 Å². The first-order chi connectivity index (χ1) is 11.2. The number of rotatable bonds is 3. The second kappa shape index (κ2) is 5.51. The van der Waals surface area contributed by atoms with E-state index in [0.29, 0.717) is 35.0 Å². The van der Waals surface area contributed by atoms with Gasteiger partial charge in [-0.15, -0.1) is 0 Å². The number of anilines is 2. The lowest BCUT2D eigenvalue weighted by molar-refractivity contribution is -0.117. The van der Waals surface area contributed by atoms with Crippen molar-refractivity contribution in [2.45, 2.75) is 12.5 Å². The van der Waals surface area contributed by atoms with Gasteiger partial charge in [0.2, 0.25) is 5.91 Å². The number of imidazole rings is 1. The average Bonchev–Trinajstić information content (AvgIpc) is 3.17. The van der Waals surface area contributed by atoms with Crippen molar-refractivity contribution in [3.8, 4) is 0 Å². The predicted molar refractivity (Wildman–Crippen MR) is 87.5 cm³/mol. The summed E-state index contributed by atoms with van der Waals surface area (Å²) in [6.07, 6.45) is 3.68. The molecule has 0 saturated carbocycles. The topological polar surface area (TPSA) is 86.8 Å². The fourth-order valence-electron chi connectivity index (χ4n) is 2.73. The molecule has 3 aromatic rings. The first kappa shape index (κ1) is 14.0. The standard InChI is InChI=1S/C15H13ClN6O/c16-9-1-3-10(4-2-9)22-6-5-11(15(22)23)21-14-12-13(18-7-17-12)19-8-20-14/h1-4,7-8,11H,5-6H2,(H2,17,18,19,20,21). The van der Waals surface area contributed by atoms with Crippen LogP contribution < -0.4 is 10.2 Å². The van der Waals surface area contributed by atoms with Crippen molar-refractivity contribution in [2.75, 3.05) is 16.8 Å². The molecule has 1 unspecified atom stereocenters. The maximum Gasteiger partial charge on any atom is 0.249 e. The van der Waals surface area contributed by atoms with Gasteiger partial charge in [0.05, 0.1) is 6.33 Å². The summed E-state index contributed by atoms with van der Waals surface area (Å²) >= 11 is 5.90. The lowest BCUT2D eigenvalue weighted by Crippen LogP contribution is -2.33. The molecule has 1 aliphatic rings. The molecule has 0 bridgehead atoms. The molecule has 116 valence electrons. The van der Waals surface area contributed by atoms with E-state index in [4.69, 9.17) is 11.6 Å². The molecule has 1 aromatic carbocycles. The molecule has 2 N–H and O–H groups in total. The molecule has 2 aromatic heterocycles. The van der Waals surface area contributed by atoms with Gasteiger partial charge < -0.3 is 15.2 Å². The second-order valence-corrected chi connectivity index (χ2v) is 5.71. The third-order valence-corrected chi connectivity index (χ3v) is 4.13. The molecule has 1 aliphatic heterocycles. The third kappa shape index (κ3) is 2.49. The van der Waals surface area contributed by atoms with Gasteiger partial charge in [-0.25, -0.2) is 15.0 Å². The Morgan fingerprint density at radius 2 is 2.04 bits per heavy atom. The van der Waals surface area contributed by atoms with Gasteiger partial charge in [0, 0.05) is 17.3 Å². The van der Waals surface area contributed by atoms with Gasteiger partial charge >= 0.3 is 0 Å². The normalized spacial score (nSPS) is 17.9. The van der Waals surface area contributed by atoms with E-state index in [0.717, 1.165) is 5.69 Å². The van der Waals surface area contributed by atoms with Gasteiger partial charge in [0.15, 0.2) is 11.5 Å². The van der Waals surface area contributed by atoms with Crippen LogP contribution in [0.2, 0.25) is 5.02 Å². The number of aromatic amines is 1. The number of H-pyrrole nitrogens is 1. The van der Waals surface area contributed by atoms with Gasteiger partial charge in [-0.2, -0.15) is 0 Å². The molecule has 8 heteroatoms. The maximum atomic E-state index is 12.6. The monoisotopic (exact) mass is 328 g/mol.